The van der Waals surface area contributed by atoms with Gasteiger partial charge >= 0.3 is 12.0 Å². The van der Waals surface area contributed by atoms with Crippen molar-refractivity contribution in [1.82, 2.24) is 16.0 Å². The number of carbonyl (C=O) groups excluding carboxylic acids is 7. The third-order valence-corrected chi connectivity index (χ3v) is 8.32. The van der Waals surface area contributed by atoms with Crippen LogP contribution in [0.4, 0.5) is 16.2 Å². The number of ether oxygens (including phenoxy) is 1. The predicted octanol–water partition coefficient (Wildman–Crippen LogP) is 2.93. The highest BCUT2D eigenvalue weighted by molar-refractivity contribution is 6.21. The first-order valence-corrected chi connectivity index (χ1v) is 16.8. The number of rotatable bonds is 17. The highest BCUT2D eigenvalue weighted by Gasteiger charge is 2.40. The summed E-state index contributed by atoms with van der Waals surface area (Å²) in [4.78, 5) is 89.0. The molecule has 7 amide bonds. The molecule has 0 radical (unpaired) electrons. The molecule has 2 aromatic carbocycles. The van der Waals surface area contributed by atoms with Crippen molar-refractivity contribution in [1.29, 1.82) is 0 Å². The zero-order valence-corrected chi connectivity index (χ0v) is 29.2. The Morgan fingerprint density at radius 2 is 1.54 bits per heavy atom. The van der Waals surface area contributed by atoms with Crippen molar-refractivity contribution in [2.45, 2.75) is 85.4 Å². The maximum absolute atomic E-state index is 13.5. The van der Waals surface area contributed by atoms with Crippen LogP contribution in [0.2, 0.25) is 0 Å². The van der Waals surface area contributed by atoms with Crippen LogP contribution < -0.4 is 31.9 Å². The number of anilines is 2. The Morgan fingerprint density at radius 3 is 2.10 bits per heavy atom. The maximum Gasteiger partial charge on any atom is 0.312 e. The lowest BCUT2D eigenvalue weighted by Gasteiger charge is -2.25. The van der Waals surface area contributed by atoms with Gasteiger partial charge in [-0.25, -0.2) is 4.79 Å². The number of esters is 1. The van der Waals surface area contributed by atoms with Crippen LogP contribution in [0.3, 0.4) is 0 Å². The molecule has 14 heteroatoms. The van der Waals surface area contributed by atoms with Crippen molar-refractivity contribution in [2.75, 3.05) is 16.8 Å². The number of carbonyl (C=O) groups is 7. The average molecular weight is 693 g/mol. The molecule has 0 spiro atoms. The van der Waals surface area contributed by atoms with E-state index < -0.39 is 35.8 Å². The molecule has 6 N–H and O–H groups in total. The zero-order chi connectivity index (χ0) is 37.0. The van der Waals surface area contributed by atoms with E-state index in [4.69, 9.17) is 10.5 Å². The highest BCUT2D eigenvalue weighted by Crippen LogP contribution is 2.31. The molecule has 270 valence electrons. The van der Waals surface area contributed by atoms with Crippen molar-refractivity contribution in [3.05, 3.63) is 59.7 Å². The lowest BCUT2D eigenvalue weighted by molar-refractivity contribution is -0.144. The van der Waals surface area contributed by atoms with Gasteiger partial charge in [0.15, 0.2) is 0 Å². The van der Waals surface area contributed by atoms with Crippen molar-refractivity contribution in [3.8, 4) is 0 Å². The molecule has 0 aromatic heterocycles. The minimum atomic E-state index is -1.01. The Balaban J connectivity index is 1.64. The smallest absolute Gasteiger partial charge is 0.312 e. The molecule has 3 rings (SSSR count). The Labute approximate surface area is 292 Å². The molecule has 1 aliphatic rings. The third kappa shape index (κ3) is 11.4. The molecule has 1 heterocycles. The molecule has 0 bridgehead atoms. The summed E-state index contributed by atoms with van der Waals surface area (Å²) >= 11 is 0. The Kier molecular flexibility index (Phi) is 14.5. The maximum atomic E-state index is 13.5. The minimum Gasteiger partial charge on any atom is -0.461 e. The number of nitrogens with zero attached hydrogens (tertiary/aromatic N) is 1. The monoisotopic (exact) mass is 692 g/mol. The molecule has 1 saturated heterocycles. The Morgan fingerprint density at radius 1 is 0.900 bits per heavy atom. The molecule has 2 aromatic rings. The number of hydrogen-bond donors (Lipinski definition) is 5. The van der Waals surface area contributed by atoms with Crippen LogP contribution in [-0.2, 0) is 46.5 Å². The van der Waals surface area contributed by atoms with Crippen LogP contribution in [0, 0.1) is 17.8 Å². The molecule has 1 aliphatic heterocycles. The number of hydrogen-bond acceptors (Lipinski definition) is 8. The second kappa shape index (κ2) is 18.5. The Bertz CT molecular complexity index is 1540. The van der Waals surface area contributed by atoms with Gasteiger partial charge in [-0.3, -0.25) is 33.7 Å². The van der Waals surface area contributed by atoms with Gasteiger partial charge in [0.25, 0.3) is 0 Å². The van der Waals surface area contributed by atoms with E-state index in [1.54, 1.807) is 69.3 Å². The van der Waals surface area contributed by atoms with Crippen LogP contribution in [0.1, 0.15) is 71.4 Å². The molecular weight excluding hydrogens is 644 g/mol. The van der Waals surface area contributed by atoms with E-state index in [0.29, 0.717) is 23.4 Å². The predicted molar refractivity (Wildman–Crippen MR) is 186 cm³/mol. The third-order valence-electron chi connectivity index (χ3n) is 8.32. The first kappa shape index (κ1) is 39.2. The van der Waals surface area contributed by atoms with Crippen molar-refractivity contribution >= 4 is 52.9 Å². The van der Waals surface area contributed by atoms with Crippen LogP contribution in [0.5, 0.6) is 0 Å². The summed E-state index contributed by atoms with van der Waals surface area (Å²) in [6.07, 6.45) is 0.845. The van der Waals surface area contributed by atoms with Gasteiger partial charge < -0.3 is 31.7 Å². The second-order valence-electron chi connectivity index (χ2n) is 12.9. The lowest BCUT2D eigenvalue weighted by atomic mass is 9.94. The molecule has 50 heavy (non-hydrogen) atoms. The van der Waals surface area contributed by atoms with Gasteiger partial charge in [0.2, 0.25) is 29.5 Å². The van der Waals surface area contributed by atoms with Crippen molar-refractivity contribution in [2.24, 2.45) is 23.5 Å². The fourth-order valence-electron chi connectivity index (χ4n) is 5.38. The number of primary amides is 1. The summed E-state index contributed by atoms with van der Waals surface area (Å²) in [5.41, 5.74) is 7.39. The zero-order valence-electron chi connectivity index (χ0n) is 29.2. The van der Waals surface area contributed by atoms with Crippen molar-refractivity contribution < 1.29 is 38.3 Å². The topological polar surface area (TPSA) is 206 Å². The first-order valence-electron chi connectivity index (χ1n) is 16.8. The summed E-state index contributed by atoms with van der Waals surface area (Å²) in [6.45, 7) is 9.31. The summed E-state index contributed by atoms with van der Waals surface area (Å²) in [7, 11) is 0. The molecule has 0 aliphatic carbocycles. The number of amides is 7. The molecule has 14 nitrogen and oxygen atoms in total. The average Bonchev–Trinajstić information content (AvgIpc) is 3.37. The fourth-order valence-corrected chi connectivity index (χ4v) is 5.38. The molecule has 1 unspecified atom stereocenters. The summed E-state index contributed by atoms with van der Waals surface area (Å²) in [6, 6.07) is 10.6. The number of urea groups is 1. The quantitative estimate of drug-likeness (QED) is 0.0944. The van der Waals surface area contributed by atoms with E-state index in [-0.39, 0.29) is 74.4 Å². The van der Waals surface area contributed by atoms with Crippen LogP contribution >= 0.6 is 0 Å². The van der Waals surface area contributed by atoms with Crippen LogP contribution in [0.25, 0.3) is 0 Å². The van der Waals surface area contributed by atoms with E-state index >= 15 is 0 Å². The molecule has 3 atom stereocenters. The standard InChI is InChI=1S/C36H48N6O8/c1-6-31(45)50-20-24-9-13-25(14-10-24)39-33(46)28(8-7-17-38-36(37)49)40-34(47)32(22(4)5)41-29(43)18-23-11-15-26(16-12-23)42-30(44)19-27(21(2)3)35(42)48/h9-16,21-22,27-28,32H,6-8,17-20H2,1-5H3,(H,39,46)(H,40,47)(H,41,43)(H3,37,38,49)/t27?,28-,32-/m0/s1. The van der Waals surface area contributed by atoms with Gasteiger partial charge in [-0.2, -0.15) is 0 Å². The number of benzene rings is 2. The minimum absolute atomic E-state index is 0.0390. The van der Waals surface area contributed by atoms with E-state index in [2.05, 4.69) is 21.3 Å². The van der Waals surface area contributed by atoms with Crippen molar-refractivity contribution in [3.63, 3.8) is 0 Å². The van der Waals surface area contributed by atoms with E-state index in [1.807, 2.05) is 13.8 Å². The SMILES string of the molecule is CCC(=O)OCc1ccc(NC(=O)[C@H](CCCNC(N)=O)NC(=O)[C@@H](NC(=O)Cc2ccc(N3C(=O)CC(C(C)C)C3=O)cc2)C(C)C)cc1. The van der Waals surface area contributed by atoms with Gasteiger partial charge in [-0.05, 0) is 60.1 Å². The van der Waals surface area contributed by atoms with Gasteiger partial charge in [0, 0.05) is 25.1 Å². The summed E-state index contributed by atoms with van der Waals surface area (Å²) < 4.78 is 5.13. The fraction of sp³-hybridized carbons (Fsp3) is 0.472. The lowest BCUT2D eigenvalue weighted by Crippen LogP contribution is -2.54. The van der Waals surface area contributed by atoms with E-state index in [9.17, 15) is 33.6 Å². The van der Waals surface area contributed by atoms with Gasteiger partial charge in [0.05, 0.1) is 18.0 Å². The first-order chi connectivity index (χ1) is 23.7. The van der Waals surface area contributed by atoms with E-state index in [0.717, 1.165) is 5.56 Å². The number of nitrogens with two attached hydrogens (primary N) is 1. The molecular formula is C36H48N6O8. The highest BCUT2D eigenvalue weighted by atomic mass is 16.5. The largest absolute Gasteiger partial charge is 0.461 e. The molecule has 0 saturated carbocycles. The Hall–Kier alpha value is -5.27. The van der Waals surface area contributed by atoms with E-state index in [1.165, 1.54) is 4.90 Å². The summed E-state index contributed by atoms with van der Waals surface area (Å²) in [5, 5.41) is 10.7. The summed E-state index contributed by atoms with van der Waals surface area (Å²) in [5.74, 6) is -2.98. The van der Waals surface area contributed by atoms with Crippen LogP contribution in [0.15, 0.2) is 48.5 Å². The number of nitrogens with one attached hydrogen (secondary N) is 4. The van der Waals surface area contributed by atoms with Crippen LogP contribution in [-0.4, -0.2) is 60.2 Å². The van der Waals surface area contributed by atoms with Gasteiger partial charge in [-0.1, -0.05) is 58.9 Å². The second-order valence-corrected chi connectivity index (χ2v) is 12.9. The van der Waals surface area contributed by atoms with Gasteiger partial charge in [0.1, 0.15) is 18.7 Å². The normalized spacial score (nSPS) is 15.4. The number of imide groups is 1. The molecule has 1 fully saturated rings. The van der Waals surface area contributed by atoms with Gasteiger partial charge in [-0.15, -0.1) is 0 Å².